The molecule has 112 valence electrons. The van der Waals surface area contributed by atoms with Crippen molar-refractivity contribution in [3.63, 3.8) is 0 Å². The minimum absolute atomic E-state index is 0.0674. The summed E-state index contributed by atoms with van der Waals surface area (Å²) in [6.45, 7) is 3.91. The smallest absolute Gasteiger partial charge is 0.283 e. The predicted octanol–water partition coefficient (Wildman–Crippen LogP) is 3.67. The molecule has 1 aliphatic carbocycles. The highest BCUT2D eigenvalue weighted by molar-refractivity contribution is 9.10. The third kappa shape index (κ3) is 3.58. The number of thioether (sulfide) groups is 1. The summed E-state index contributed by atoms with van der Waals surface area (Å²) in [5.41, 5.74) is 0.751. The maximum Gasteiger partial charge on any atom is 0.283 e. The van der Waals surface area contributed by atoms with Crippen molar-refractivity contribution in [3.8, 4) is 0 Å². The zero-order valence-corrected chi connectivity index (χ0v) is 14.6. The van der Waals surface area contributed by atoms with Gasteiger partial charge in [-0.05, 0) is 55.3 Å². The molecule has 2 atom stereocenters. The largest absolute Gasteiger partial charge is 0.380 e. The molecule has 6 heteroatoms. The fourth-order valence-corrected chi connectivity index (χ4v) is 3.85. The Morgan fingerprint density at radius 1 is 1.50 bits per heavy atom. The van der Waals surface area contributed by atoms with Crippen molar-refractivity contribution in [3.05, 3.63) is 21.0 Å². The van der Waals surface area contributed by atoms with E-state index in [-0.39, 0.29) is 11.6 Å². The van der Waals surface area contributed by atoms with E-state index in [0.29, 0.717) is 10.5 Å². The van der Waals surface area contributed by atoms with E-state index in [1.54, 1.807) is 6.20 Å². The van der Waals surface area contributed by atoms with Crippen molar-refractivity contribution >= 4 is 33.4 Å². The first kappa shape index (κ1) is 15.9. The van der Waals surface area contributed by atoms with Gasteiger partial charge in [0.15, 0.2) is 0 Å². The molecule has 1 saturated carbocycles. The summed E-state index contributed by atoms with van der Waals surface area (Å²) in [6, 6.07) is 0.511. The molecule has 0 spiro atoms. The number of nitrogens with zero attached hydrogens (tertiary/aromatic N) is 2. The van der Waals surface area contributed by atoms with Gasteiger partial charge in [-0.3, -0.25) is 4.79 Å². The molecule has 0 aliphatic heterocycles. The predicted molar refractivity (Wildman–Crippen MR) is 89.8 cm³/mol. The van der Waals surface area contributed by atoms with E-state index < -0.39 is 0 Å². The Hall–Kier alpha value is -0.490. The molecule has 0 radical (unpaired) electrons. The average Bonchev–Trinajstić information content (AvgIpc) is 2.44. The molecule has 20 heavy (non-hydrogen) atoms. The van der Waals surface area contributed by atoms with Gasteiger partial charge < -0.3 is 5.32 Å². The van der Waals surface area contributed by atoms with Crippen LogP contribution in [0.5, 0.6) is 0 Å². The van der Waals surface area contributed by atoms with Crippen LogP contribution < -0.4 is 10.9 Å². The van der Waals surface area contributed by atoms with Crippen LogP contribution in [0.4, 0.5) is 5.69 Å². The van der Waals surface area contributed by atoms with Crippen molar-refractivity contribution in [2.45, 2.75) is 56.9 Å². The Bertz CT molecular complexity index is 518. The van der Waals surface area contributed by atoms with Crippen LogP contribution in [0.15, 0.2) is 15.5 Å². The van der Waals surface area contributed by atoms with Crippen LogP contribution in [0, 0.1) is 0 Å². The van der Waals surface area contributed by atoms with Crippen LogP contribution in [0.2, 0.25) is 0 Å². The molecular weight excluding hydrogens is 338 g/mol. The SMILES string of the molecule is CSC1CCCC(Nc2cnn(C(C)C)c(=O)c2Br)C1. The number of nitrogens with one attached hydrogen (secondary N) is 1. The first-order chi connectivity index (χ1) is 9.52. The fraction of sp³-hybridized carbons (Fsp3) is 0.714. The standard InChI is InChI=1S/C14H22BrN3OS/c1-9(2)18-14(19)13(15)12(8-16-18)17-10-5-4-6-11(7-10)20-3/h8-11,17H,4-7H2,1-3H3. The van der Waals surface area contributed by atoms with E-state index in [1.165, 1.54) is 17.5 Å². The van der Waals surface area contributed by atoms with Crippen molar-refractivity contribution in [2.75, 3.05) is 11.6 Å². The summed E-state index contributed by atoms with van der Waals surface area (Å²) in [4.78, 5) is 12.2. The van der Waals surface area contributed by atoms with Crippen molar-refractivity contribution < 1.29 is 0 Å². The maximum absolute atomic E-state index is 12.2. The highest BCUT2D eigenvalue weighted by Gasteiger charge is 2.22. The highest BCUT2D eigenvalue weighted by atomic mass is 79.9. The summed E-state index contributed by atoms with van der Waals surface area (Å²) in [6.07, 6.45) is 8.80. The highest BCUT2D eigenvalue weighted by Crippen LogP contribution is 2.29. The molecule has 0 saturated heterocycles. The van der Waals surface area contributed by atoms with Gasteiger partial charge in [0.05, 0.1) is 17.9 Å². The van der Waals surface area contributed by atoms with Gasteiger partial charge in [-0.25, -0.2) is 4.68 Å². The van der Waals surface area contributed by atoms with Crippen molar-refractivity contribution in [1.82, 2.24) is 9.78 Å². The van der Waals surface area contributed by atoms with Gasteiger partial charge in [-0.1, -0.05) is 6.42 Å². The molecule has 2 unspecified atom stereocenters. The van der Waals surface area contributed by atoms with Gasteiger partial charge in [0, 0.05) is 11.3 Å². The molecule has 0 aromatic carbocycles. The maximum atomic E-state index is 12.2. The Labute approximate surface area is 132 Å². The summed E-state index contributed by atoms with van der Waals surface area (Å²) in [5, 5.41) is 8.46. The Kier molecular flexibility index (Phi) is 5.55. The van der Waals surface area contributed by atoms with E-state index in [9.17, 15) is 4.79 Å². The van der Waals surface area contributed by atoms with Crippen molar-refractivity contribution in [1.29, 1.82) is 0 Å². The molecule has 1 aromatic heterocycles. The van der Waals surface area contributed by atoms with Gasteiger partial charge in [-0.2, -0.15) is 16.9 Å². The lowest BCUT2D eigenvalue weighted by molar-refractivity contribution is 0.471. The third-order valence-electron chi connectivity index (χ3n) is 3.75. The summed E-state index contributed by atoms with van der Waals surface area (Å²) < 4.78 is 2.09. The van der Waals surface area contributed by atoms with E-state index in [1.807, 2.05) is 25.6 Å². The molecule has 1 heterocycles. The first-order valence-electron chi connectivity index (χ1n) is 7.09. The molecule has 1 fully saturated rings. The third-order valence-corrected chi connectivity index (χ3v) is 5.61. The lowest BCUT2D eigenvalue weighted by Gasteiger charge is -2.29. The van der Waals surface area contributed by atoms with Gasteiger partial charge in [-0.15, -0.1) is 0 Å². The molecule has 1 N–H and O–H groups in total. The number of aromatic nitrogens is 2. The van der Waals surface area contributed by atoms with Gasteiger partial charge in [0.2, 0.25) is 0 Å². The lowest BCUT2D eigenvalue weighted by atomic mass is 9.95. The number of anilines is 1. The van der Waals surface area contributed by atoms with Crippen LogP contribution in [0.3, 0.4) is 0 Å². The van der Waals surface area contributed by atoms with Crippen LogP contribution in [0.1, 0.15) is 45.6 Å². The molecule has 0 bridgehead atoms. The molecule has 4 nitrogen and oxygen atoms in total. The zero-order chi connectivity index (χ0) is 14.7. The van der Waals surface area contributed by atoms with E-state index >= 15 is 0 Å². The lowest BCUT2D eigenvalue weighted by Crippen LogP contribution is -2.31. The van der Waals surface area contributed by atoms with E-state index in [4.69, 9.17) is 0 Å². The molecular formula is C14H22BrN3OS. The van der Waals surface area contributed by atoms with E-state index in [2.05, 4.69) is 32.6 Å². The van der Waals surface area contributed by atoms with Gasteiger partial charge in [0.1, 0.15) is 4.47 Å². The van der Waals surface area contributed by atoms with Gasteiger partial charge >= 0.3 is 0 Å². The summed E-state index contributed by atoms with van der Waals surface area (Å²) >= 11 is 5.36. The first-order valence-corrected chi connectivity index (χ1v) is 9.17. The topological polar surface area (TPSA) is 46.9 Å². The number of hydrogen-bond acceptors (Lipinski definition) is 4. The second-order valence-corrected chi connectivity index (χ2v) is 7.51. The second kappa shape index (κ2) is 6.98. The Balaban J connectivity index is 2.14. The van der Waals surface area contributed by atoms with Crippen LogP contribution in [0.25, 0.3) is 0 Å². The van der Waals surface area contributed by atoms with E-state index in [0.717, 1.165) is 23.8 Å². The summed E-state index contributed by atoms with van der Waals surface area (Å²) in [5.74, 6) is 0. The molecule has 2 rings (SSSR count). The van der Waals surface area contributed by atoms with Crippen LogP contribution in [-0.4, -0.2) is 27.3 Å². The zero-order valence-electron chi connectivity index (χ0n) is 12.2. The van der Waals surface area contributed by atoms with Crippen LogP contribution in [-0.2, 0) is 0 Å². The van der Waals surface area contributed by atoms with Gasteiger partial charge in [0.25, 0.3) is 5.56 Å². The molecule has 1 aromatic rings. The Morgan fingerprint density at radius 2 is 2.25 bits per heavy atom. The normalized spacial score (nSPS) is 23.1. The average molecular weight is 360 g/mol. The minimum atomic E-state index is -0.0674. The number of halogens is 1. The number of rotatable bonds is 4. The Morgan fingerprint density at radius 3 is 2.90 bits per heavy atom. The quantitative estimate of drug-likeness (QED) is 0.890. The van der Waals surface area contributed by atoms with Crippen molar-refractivity contribution in [2.24, 2.45) is 0 Å². The summed E-state index contributed by atoms with van der Waals surface area (Å²) in [7, 11) is 0. The minimum Gasteiger partial charge on any atom is -0.380 e. The number of hydrogen-bond donors (Lipinski definition) is 1. The monoisotopic (exact) mass is 359 g/mol. The molecule has 1 aliphatic rings. The second-order valence-electron chi connectivity index (χ2n) is 5.58. The molecule has 0 amide bonds. The fourth-order valence-electron chi connectivity index (χ4n) is 2.62. The van der Waals surface area contributed by atoms with Crippen LogP contribution >= 0.6 is 27.7 Å².